The Kier molecular flexibility index (Phi) is 3.74. The summed E-state index contributed by atoms with van der Waals surface area (Å²) in [6.07, 6.45) is 2.40. The van der Waals surface area contributed by atoms with Gasteiger partial charge in [0.15, 0.2) is 0 Å². The maximum absolute atomic E-state index is 11.9. The van der Waals surface area contributed by atoms with Gasteiger partial charge in [-0.15, -0.1) is 0 Å². The number of carbonyl (C=O) groups excluding carboxylic acids is 1. The topological polar surface area (TPSA) is 74.6 Å². The summed E-state index contributed by atoms with van der Waals surface area (Å²) in [5.74, 6) is -1.67. The van der Waals surface area contributed by atoms with E-state index in [0.717, 1.165) is 19.3 Å². The third-order valence-corrected chi connectivity index (χ3v) is 5.68. The van der Waals surface area contributed by atoms with Crippen molar-refractivity contribution in [2.24, 2.45) is 29.1 Å². The maximum atomic E-state index is 11.9. The summed E-state index contributed by atoms with van der Waals surface area (Å²) in [4.78, 5) is 23.1. The highest BCUT2D eigenvalue weighted by Gasteiger charge is 2.53. The minimum atomic E-state index is -0.859. The highest BCUT2D eigenvalue weighted by molar-refractivity contribution is 5.82. The molecule has 0 radical (unpaired) electrons. The first-order valence-electron chi connectivity index (χ1n) is 7.21. The Balaban J connectivity index is 2.26. The molecule has 2 aliphatic carbocycles. The smallest absolute Gasteiger partial charge is 0.306 e. The Labute approximate surface area is 114 Å². The summed E-state index contributed by atoms with van der Waals surface area (Å²) in [6, 6.07) is 0. The fraction of sp³-hybridized carbons (Fsp3) is 0.867. The van der Waals surface area contributed by atoms with E-state index in [2.05, 4.69) is 6.92 Å². The van der Waals surface area contributed by atoms with E-state index in [4.69, 9.17) is 5.11 Å². The lowest BCUT2D eigenvalue weighted by atomic mass is 9.52. The van der Waals surface area contributed by atoms with Gasteiger partial charge in [0, 0.05) is 12.3 Å². The summed E-state index contributed by atoms with van der Waals surface area (Å²) in [5.41, 5.74) is -0.0124. The minimum absolute atomic E-state index is 0.0124. The molecule has 4 heteroatoms. The first-order valence-corrected chi connectivity index (χ1v) is 7.21. The molecule has 4 nitrogen and oxygen atoms in total. The van der Waals surface area contributed by atoms with Crippen LogP contribution < -0.4 is 0 Å². The molecule has 0 amide bonds. The summed E-state index contributed by atoms with van der Waals surface area (Å²) in [5, 5.41) is 19.8. The van der Waals surface area contributed by atoms with Crippen molar-refractivity contribution in [3.63, 3.8) is 0 Å². The molecule has 19 heavy (non-hydrogen) atoms. The fourth-order valence-corrected chi connectivity index (χ4v) is 4.27. The second kappa shape index (κ2) is 4.89. The molecule has 0 aromatic carbocycles. The second-order valence-electron chi connectivity index (χ2n) is 6.75. The van der Waals surface area contributed by atoms with Gasteiger partial charge in [-0.1, -0.05) is 20.8 Å². The molecule has 0 unspecified atom stereocenters. The van der Waals surface area contributed by atoms with Crippen LogP contribution in [0.25, 0.3) is 0 Å². The van der Waals surface area contributed by atoms with Gasteiger partial charge < -0.3 is 10.2 Å². The Hall–Kier alpha value is -0.900. The van der Waals surface area contributed by atoms with E-state index in [1.54, 1.807) is 6.92 Å². The first kappa shape index (κ1) is 14.5. The second-order valence-corrected chi connectivity index (χ2v) is 6.75. The third-order valence-electron chi connectivity index (χ3n) is 5.68. The summed E-state index contributed by atoms with van der Waals surface area (Å²) < 4.78 is 0. The Morgan fingerprint density at radius 2 is 2.05 bits per heavy atom. The van der Waals surface area contributed by atoms with Crippen LogP contribution in [0.3, 0.4) is 0 Å². The van der Waals surface area contributed by atoms with Crippen LogP contribution in [0.2, 0.25) is 0 Å². The van der Waals surface area contributed by atoms with Gasteiger partial charge in [-0.3, -0.25) is 9.59 Å². The molecule has 0 heterocycles. The highest BCUT2D eigenvalue weighted by Crippen LogP contribution is 2.54. The zero-order valence-corrected chi connectivity index (χ0v) is 11.9. The number of hydrogen-bond donors (Lipinski definition) is 2. The molecule has 0 bridgehead atoms. The molecule has 0 aromatic rings. The van der Waals surface area contributed by atoms with Crippen molar-refractivity contribution >= 4 is 11.8 Å². The quantitative estimate of drug-likeness (QED) is 0.804. The number of aliphatic hydroxyl groups excluding tert-OH is 1. The van der Waals surface area contributed by atoms with Crippen LogP contribution in [0.15, 0.2) is 0 Å². The number of fused-ring (bicyclic) bond motifs is 1. The lowest BCUT2D eigenvalue weighted by Crippen LogP contribution is -2.54. The lowest BCUT2D eigenvalue weighted by Gasteiger charge is -2.53. The first-order chi connectivity index (χ1) is 8.78. The van der Waals surface area contributed by atoms with Crippen LogP contribution in [0.4, 0.5) is 0 Å². The van der Waals surface area contributed by atoms with Gasteiger partial charge in [0.05, 0.1) is 12.0 Å². The standard InChI is InChI=1S/C15H24O4/c1-8(14(18)19)10-4-6-15(3)7-5-11(16)9(2)12(15)13(10)17/h8-10,12-13,17H,4-7H2,1-3H3,(H,18,19)/t8-,9-,10+,12-,13+,15+/m1/s1. The molecule has 2 saturated carbocycles. The van der Waals surface area contributed by atoms with E-state index >= 15 is 0 Å². The van der Waals surface area contributed by atoms with Crippen LogP contribution in [-0.2, 0) is 9.59 Å². The largest absolute Gasteiger partial charge is 0.481 e. The Morgan fingerprint density at radius 1 is 1.42 bits per heavy atom. The molecule has 0 saturated heterocycles. The number of Topliss-reactive ketones (excluding diaryl/α,β-unsaturated/α-hetero) is 1. The number of carbonyl (C=O) groups is 2. The van der Waals surface area contributed by atoms with E-state index in [1.807, 2.05) is 6.92 Å². The molecular weight excluding hydrogens is 244 g/mol. The number of hydrogen-bond acceptors (Lipinski definition) is 3. The fourth-order valence-electron chi connectivity index (χ4n) is 4.27. The van der Waals surface area contributed by atoms with E-state index in [9.17, 15) is 14.7 Å². The number of aliphatic carboxylic acids is 1. The Morgan fingerprint density at radius 3 is 2.63 bits per heavy atom. The van der Waals surface area contributed by atoms with Crippen molar-refractivity contribution in [3.8, 4) is 0 Å². The predicted octanol–water partition coefficient (Wildman–Crippen LogP) is 2.10. The number of carboxylic acid groups (broad SMARTS) is 1. The molecule has 2 rings (SSSR count). The van der Waals surface area contributed by atoms with Crippen molar-refractivity contribution < 1.29 is 19.8 Å². The molecular formula is C15H24O4. The molecule has 2 N–H and O–H groups in total. The Bertz CT molecular complexity index is 392. The van der Waals surface area contributed by atoms with Gasteiger partial charge in [0.25, 0.3) is 0 Å². The molecule has 0 spiro atoms. The van der Waals surface area contributed by atoms with Crippen molar-refractivity contribution in [2.75, 3.05) is 0 Å². The van der Waals surface area contributed by atoms with Crippen molar-refractivity contribution in [1.82, 2.24) is 0 Å². The number of rotatable bonds is 2. The lowest BCUT2D eigenvalue weighted by molar-refractivity contribution is -0.158. The van der Waals surface area contributed by atoms with Crippen molar-refractivity contribution in [3.05, 3.63) is 0 Å². The van der Waals surface area contributed by atoms with E-state index in [-0.39, 0.29) is 29.0 Å². The molecule has 2 aliphatic rings. The molecule has 6 atom stereocenters. The summed E-state index contributed by atoms with van der Waals surface area (Å²) in [7, 11) is 0. The van der Waals surface area contributed by atoms with Gasteiger partial charge in [0.1, 0.15) is 5.78 Å². The van der Waals surface area contributed by atoms with Gasteiger partial charge in [-0.2, -0.15) is 0 Å². The van der Waals surface area contributed by atoms with Gasteiger partial charge >= 0.3 is 5.97 Å². The average molecular weight is 268 g/mol. The zero-order chi connectivity index (χ0) is 14.4. The molecule has 2 fully saturated rings. The van der Waals surface area contributed by atoms with Gasteiger partial charge in [0.2, 0.25) is 0 Å². The van der Waals surface area contributed by atoms with Gasteiger partial charge in [-0.25, -0.2) is 0 Å². The predicted molar refractivity (Wildman–Crippen MR) is 70.5 cm³/mol. The minimum Gasteiger partial charge on any atom is -0.481 e. The monoisotopic (exact) mass is 268 g/mol. The maximum Gasteiger partial charge on any atom is 0.306 e. The van der Waals surface area contributed by atoms with E-state index in [0.29, 0.717) is 6.42 Å². The zero-order valence-electron chi connectivity index (χ0n) is 11.9. The van der Waals surface area contributed by atoms with Crippen molar-refractivity contribution in [2.45, 2.75) is 52.6 Å². The summed E-state index contributed by atoms with van der Waals surface area (Å²) >= 11 is 0. The number of ketones is 1. The van der Waals surface area contributed by atoms with Crippen LogP contribution in [-0.4, -0.2) is 28.1 Å². The van der Waals surface area contributed by atoms with E-state index in [1.165, 1.54) is 0 Å². The molecule has 0 aromatic heterocycles. The van der Waals surface area contributed by atoms with Crippen LogP contribution in [0.5, 0.6) is 0 Å². The van der Waals surface area contributed by atoms with Crippen LogP contribution in [0, 0.1) is 29.1 Å². The van der Waals surface area contributed by atoms with Crippen LogP contribution >= 0.6 is 0 Å². The number of aliphatic hydroxyl groups is 1. The molecule has 0 aliphatic heterocycles. The average Bonchev–Trinajstić information content (AvgIpc) is 2.34. The highest BCUT2D eigenvalue weighted by atomic mass is 16.4. The van der Waals surface area contributed by atoms with Crippen LogP contribution in [0.1, 0.15) is 46.5 Å². The van der Waals surface area contributed by atoms with Crippen molar-refractivity contribution in [1.29, 1.82) is 0 Å². The normalized spacial score (nSPS) is 44.5. The third kappa shape index (κ3) is 2.31. The molecule has 108 valence electrons. The SMILES string of the molecule is C[C@@H]1C(=O)CC[C@]2(C)CC[C@@H]([C@@H](C)C(=O)O)[C@H](O)[C@@H]12. The van der Waals surface area contributed by atoms with Gasteiger partial charge in [-0.05, 0) is 36.5 Å². The summed E-state index contributed by atoms with van der Waals surface area (Å²) in [6.45, 7) is 5.70. The van der Waals surface area contributed by atoms with E-state index < -0.39 is 18.0 Å². The number of carboxylic acids is 1.